The summed E-state index contributed by atoms with van der Waals surface area (Å²) >= 11 is 1.86. The van der Waals surface area contributed by atoms with Gasteiger partial charge in [-0.1, -0.05) is 30.3 Å². The molecule has 128 valence electrons. The Hall–Kier alpha value is -1.69. The van der Waals surface area contributed by atoms with Gasteiger partial charge in [0.05, 0.1) is 0 Å². The molecule has 23 heavy (non-hydrogen) atoms. The fraction of sp³-hybridized carbons (Fsp3) is 0.529. The molecule has 0 heterocycles. The maximum absolute atomic E-state index is 11.9. The van der Waals surface area contributed by atoms with E-state index in [1.165, 1.54) is 12.2 Å². The first-order valence-corrected chi connectivity index (χ1v) is 9.47. The molecule has 5 nitrogen and oxygen atoms in total. The van der Waals surface area contributed by atoms with Crippen LogP contribution in [0.25, 0.3) is 0 Å². The monoisotopic (exact) mass is 336 g/mol. The quantitative estimate of drug-likeness (QED) is 0.347. The van der Waals surface area contributed by atoms with Crippen LogP contribution in [0.3, 0.4) is 0 Å². The van der Waals surface area contributed by atoms with Crippen molar-refractivity contribution in [1.29, 1.82) is 0 Å². The van der Waals surface area contributed by atoms with Crippen LogP contribution in [0.2, 0.25) is 0 Å². The minimum absolute atomic E-state index is 0.0755. The lowest BCUT2D eigenvalue weighted by Gasteiger charge is -2.11. The molecule has 1 rings (SSSR count). The third-order valence-electron chi connectivity index (χ3n) is 3.13. The number of benzene rings is 1. The van der Waals surface area contributed by atoms with E-state index in [1.54, 1.807) is 0 Å². The highest BCUT2D eigenvalue weighted by atomic mass is 32.2. The fourth-order valence-corrected chi connectivity index (χ4v) is 2.42. The standard InChI is InChI=1S/C17H28N4OS/c1-3-18-17(19-11-7-8-12-23-2)21-14-16(22)20-13-15-9-5-4-6-10-15/h4-6,9-10H,3,7-8,11-14H2,1-2H3,(H,20,22)(H2,18,19,21). The number of unbranched alkanes of at least 4 members (excludes halogenated alkanes) is 1. The molecule has 0 radical (unpaired) electrons. The average Bonchev–Trinajstić information content (AvgIpc) is 2.58. The van der Waals surface area contributed by atoms with Gasteiger partial charge in [-0.2, -0.15) is 11.8 Å². The van der Waals surface area contributed by atoms with E-state index in [0.29, 0.717) is 12.5 Å². The van der Waals surface area contributed by atoms with Crippen molar-refractivity contribution in [2.24, 2.45) is 4.99 Å². The SMILES string of the molecule is CCNC(=NCC(=O)NCc1ccccc1)NCCCCSC. The maximum Gasteiger partial charge on any atom is 0.242 e. The van der Waals surface area contributed by atoms with Crippen LogP contribution in [-0.2, 0) is 11.3 Å². The molecule has 0 unspecified atom stereocenters. The van der Waals surface area contributed by atoms with Gasteiger partial charge in [-0.05, 0) is 37.3 Å². The predicted molar refractivity (Wildman–Crippen MR) is 99.9 cm³/mol. The molecule has 0 aliphatic rings. The average molecular weight is 337 g/mol. The molecule has 0 saturated carbocycles. The van der Waals surface area contributed by atoms with Gasteiger partial charge in [0, 0.05) is 19.6 Å². The van der Waals surface area contributed by atoms with Crippen LogP contribution >= 0.6 is 11.8 Å². The van der Waals surface area contributed by atoms with Gasteiger partial charge < -0.3 is 16.0 Å². The van der Waals surface area contributed by atoms with Crippen LogP contribution < -0.4 is 16.0 Å². The van der Waals surface area contributed by atoms with Crippen LogP contribution in [0.1, 0.15) is 25.3 Å². The number of nitrogens with one attached hydrogen (secondary N) is 3. The van der Waals surface area contributed by atoms with Crippen LogP contribution in [0.4, 0.5) is 0 Å². The Morgan fingerprint density at radius 3 is 2.61 bits per heavy atom. The highest BCUT2D eigenvalue weighted by Crippen LogP contribution is 1.98. The Balaban J connectivity index is 2.29. The highest BCUT2D eigenvalue weighted by molar-refractivity contribution is 7.98. The summed E-state index contributed by atoms with van der Waals surface area (Å²) in [4.78, 5) is 16.2. The zero-order chi connectivity index (χ0) is 16.8. The minimum atomic E-state index is -0.0755. The highest BCUT2D eigenvalue weighted by Gasteiger charge is 2.02. The second kappa shape index (κ2) is 12.8. The molecule has 0 aromatic heterocycles. The lowest BCUT2D eigenvalue weighted by Crippen LogP contribution is -2.39. The molecule has 3 N–H and O–H groups in total. The Morgan fingerprint density at radius 1 is 1.13 bits per heavy atom. The summed E-state index contributed by atoms with van der Waals surface area (Å²) in [7, 11) is 0. The molecule has 0 bridgehead atoms. The van der Waals surface area contributed by atoms with Crippen LogP contribution in [0.15, 0.2) is 35.3 Å². The molecule has 1 aromatic rings. The number of rotatable bonds is 10. The second-order valence-corrected chi connectivity index (χ2v) is 6.07. The van der Waals surface area contributed by atoms with E-state index in [4.69, 9.17) is 0 Å². The number of hydrogen-bond donors (Lipinski definition) is 3. The third-order valence-corrected chi connectivity index (χ3v) is 3.82. The topological polar surface area (TPSA) is 65.5 Å². The van der Waals surface area contributed by atoms with Crippen molar-refractivity contribution in [1.82, 2.24) is 16.0 Å². The predicted octanol–water partition coefficient (Wildman–Crippen LogP) is 2.00. The summed E-state index contributed by atoms with van der Waals surface area (Å²) in [6.07, 6.45) is 4.41. The normalized spacial score (nSPS) is 11.1. The number of carbonyl (C=O) groups excluding carboxylic acids is 1. The van der Waals surface area contributed by atoms with Crippen molar-refractivity contribution >= 4 is 23.6 Å². The minimum Gasteiger partial charge on any atom is -0.357 e. The van der Waals surface area contributed by atoms with Gasteiger partial charge in [0.15, 0.2) is 5.96 Å². The summed E-state index contributed by atoms with van der Waals surface area (Å²) < 4.78 is 0. The molecular weight excluding hydrogens is 308 g/mol. The molecule has 1 amide bonds. The first-order chi connectivity index (χ1) is 11.3. The summed E-state index contributed by atoms with van der Waals surface area (Å²) in [6, 6.07) is 9.87. The van der Waals surface area contributed by atoms with Crippen molar-refractivity contribution in [3.8, 4) is 0 Å². The second-order valence-electron chi connectivity index (χ2n) is 5.08. The van der Waals surface area contributed by atoms with Gasteiger partial charge in [0.1, 0.15) is 6.54 Å². The number of hydrogen-bond acceptors (Lipinski definition) is 3. The molecule has 0 aliphatic heterocycles. The number of carbonyl (C=O) groups is 1. The zero-order valence-electron chi connectivity index (χ0n) is 14.1. The lowest BCUT2D eigenvalue weighted by atomic mass is 10.2. The van der Waals surface area contributed by atoms with E-state index >= 15 is 0 Å². The Labute approximate surface area is 143 Å². The first kappa shape index (κ1) is 19.4. The molecule has 6 heteroatoms. The van der Waals surface area contributed by atoms with E-state index in [1.807, 2.05) is 49.0 Å². The molecule has 0 atom stereocenters. The van der Waals surface area contributed by atoms with Gasteiger partial charge >= 0.3 is 0 Å². The number of guanidine groups is 1. The number of amides is 1. The van der Waals surface area contributed by atoms with Gasteiger partial charge in [-0.3, -0.25) is 4.79 Å². The Morgan fingerprint density at radius 2 is 1.91 bits per heavy atom. The summed E-state index contributed by atoms with van der Waals surface area (Å²) in [5.41, 5.74) is 1.09. The summed E-state index contributed by atoms with van der Waals surface area (Å²) in [5, 5.41) is 9.29. The van der Waals surface area contributed by atoms with Gasteiger partial charge in [0.25, 0.3) is 0 Å². The zero-order valence-corrected chi connectivity index (χ0v) is 14.9. The van der Waals surface area contributed by atoms with Crippen LogP contribution in [-0.4, -0.2) is 43.5 Å². The molecule has 0 saturated heterocycles. The number of nitrogens with zero attached hydrogens (tertiary/aromatic N) is 1. The van der Waals surface area contributed by atoms with Crippen LogP contribution in [0.5, 0.6) is 0 Å². The summed E-state index contributed by atoms with van der Waals surface area (Å²) in [5.74, 6) is 1.80. The van der Waals surface area contributed by atoms with E-state index in [-0.39, 0.29) is 12.5 Å². The largest absolute Gasteiger partial charge is 0.357 e. The van der Waals surface area contributed by atoms with Crippen molar-refractivity contribution in [2.45, 2.75) is 26.3 Å². The lowest BCUT2D eigenvalue weighted by molar-refractivity contribution is -0.119. The van der Waals surface area contributed by atoms with Crippen molar-refractivity contribution < 1.29 is 4.79 Å². The molecule has 0 aliphatic carbocycles. The fourth-order valence-electron chi connectivity index (χ4n) is 1.92. The number of aliphatic imine (C=N–C) groups is 1. The van der Waals surface area contributed by atoms with Gasteiger partial charge in [-0.25, -0.2) is 4.99 Å². The molecule has 0 fully saturated rings. The van der Waals surface area contributed by atoms with E-state index < -0.39 is 0 Å². The van der Waals surface area contributed by atoms with Gasteiger partial charge in [-0.15, -0.1) is 0 Å². The summed E-state index contributed by atoms with van der Waals surface area (Å²) in [6.45, 7) is 4.33. The first-order valence-electron chi connectivity index (χ1n) is 8.08. The number of thioether (sulfide) groups is 1. The van der Waals surface area contributed by atoms with Crippen molar-refractivity contribution in [3.05, 3.63) is 35.9 Å². The molecular formula is C17H28N4OS. The smallest absolute Gasteiger partial charge is 0.242 e. The van der Waals surface area contributed by atoms with Crippen molar-refractivity contribution in [2.75, 3.05) is 31.6 Å². The van der Waals surface area contributed by atoms with Crippen LogP contribution in [0, 0.1) is 0 Å². The molecule has 1 aromatic carbocycles. The molecule has 0 spiro atoms. The van der Waals surface area contributed by atoms with Gasteiger partial charge in [0.2, 0.25) is 5.91 Å². The van der Waals surface area contributed by atoms with E-state index in [9.17, 15) is 4.79 Å². The van der Waals surface area contributed by atoms with E-state index in [2.05, 4.69) is 27.2 Å². The maximum atomic E-state index is 11.9. The van der Waals surface area contributed by atoms with E-state index in [0.717, 1.165) is 25.1 Å². The third kappa shape index (κ3) is 9.84. The van der Waals surface area contributed by atoms with Crippen molar-refractivity contribution in [3.63, 3.8) is 0 Å². The Kier molecular flexibility index (Phi) is 10.8. The Bertz CT molecular complexity index is 465.